The number of hydrogen-bond donors (Lipinski definition) is 2. The molecule has 1 aliphatic rings. The van der Waals surface area contributed by atoms with Crippen LogP contribution in [-0.2, 0) is 0 Å². The molecule has 112 valence electrons. The molecule has 1 aromatic heterocycles. The highest BCUT2D eigenvalue weighted by molar-refractivity contribution is 5.94. The molecule has 0 radical (unpaired) electrons. The van der Waals surface area contributed by atoms with Crippen molar-refractivity contribution >= 4 is 5.91 Å². The maximum atomic E-state index is 12.5. The Bertz CT molecular complexity index is 545. The van der Waals surface area contributed by atoms with Crippen molar-refractivity contribution in [3.63, 3.8) is 0 Å². The minimum atomic E-state index is -0.227. The van der Waals surface area contributed by atoms with Gasteiger partial charge in [-0.15, -0.1) is 0 Å². The molecule has 4 nitrogen and oxygen atoms in total. The van der Waals surface area contributed by atoms with Gasteiger partial charge in [0.2, 0.25) is 0 Å². The molecule has 0 bridgehead atoms. The predicted octanol–water partition coefficient (Wildman–Crippen LogP) is 2.12. The lowest BCUT2D eigenvalue weighted by molar-refractivity contribution is 0.0916. The standard InChI is InChI=1S/C17H22N2O2/c1-13-7-3-2-4-10-15(13)19-17(21)16-14(9-6-12-20)8-5-11-18-16/h5,8,11,13,15,20H,2-4,7,10,12H2,1H3,(H,19,21). The van der Waals surface area contributed by atoms with Crippen molar-refractivity contribution < 1.29 is 9.90 Å². The molecule has 21 heavy (non-hydrogen) atoms. The third-order valence-corrected chi connectivity index (χ3v) is 4.00. The second kappa shape index (κ2) is 7.80. The minimum absolute atomic E-state index is 0.170. The van der Waals surface area contributed by atoms with Crippen LogP contribution in [0.5, 0.6) is 0 Å². The highest BCUT2D eigenvalue weighted by Gasteiger charge is 2.23. The maximum absolute atomic E-state index is 12.5. The second-order valence-corrected chi connectivity index (χ2v) is 5.55. The Morgan fingerprint density at radius 2 is 2.24 bits per heavy atom. The monoisotopic (exact) mass is 286 g/mol. The van der Waals surface area contributed by atoms with Crippen molar-refractivity contribution in [2.75, 3.05) is 6.61 Å². The fourth-order valence-corrected chi connectivity index (χ4v) is 2.77. The Hall–Kier alpha value is -1.86. The first-order chi connectivity index (χ1) is 10.2. The average Bonchev–Trinajstić information content (AvgIpc) is 2.70. The lowest BCUT2D eigenvalue weighted by Gasteiger charge is -2.22. The van der Waals surface area contributed by atoms with Gasteiger partial charge in [-0.3, -0.25) is 4.79 Å². The van der Waals surface area contributed by atoms with Crippen LogP contribution in [0.4, 0.5) is 0 Å². The van der Waals surface area contributed by atoms with Gasteiger partial charge in [-0.2, -0.15) is 0 Å². The molecule has 0 aromatic carbocycles. The van der Waals surface area contributed by atoms with E-state index in [9.17, 15) is 4.79 Å². The Kier molecular flexibility index (Phi) is 5.77. The van der Waals surface area contributed by atoms with Gasteiger partial charge >= 0.3 is 0 Å². The van der Waals surface area contributed by atoms with Crippen molar-refractivity contribution in [3.8, 4) is 11.8 Å². The highest BCUT2D eigenvalue weighted by atomic mass is 16.2. The van der Waals surface area contributed by atoms with E-state index in [0.717, 1.165) is 19.3 Å². The van der Waals surface area contributed by atoms with Crippen LogP contribution in [0.1, 0.15) is 55.1 Å². The Balaban J connectivity index is 2.12. The fraction of sp³-hybridized carbons (Fsp3) is 0.529. The van der Waals surface area contributed by atoms with Gasteiger partial charge in [0, 0.05) is 12.2 Å². The number of amides is 1. The van der Waals surface area contributed by atoms with Crippen LogP contribution in [0.3, 0.4) is 0 Å². The van der Waals surface area contributed by atoms with E-state index >= 15 is 0 Å². The van der Waals surface area contributed by atoms with Gasteiger partial charge in [-0.05, 0) is 30.9 Å². The molecule has 1 fully saturated rings. The number of pyridine rings is 1. The quantitative estimate of drug-likeness (QED) is 0.646. The molecule has 1 heterocycles. The summed E-state index contributed by atoms with van der Waals surface area (Å²) < 4.78 is 0. The van der Waals surface area contributed by atoms with Gasteiger partial charge in [-0.1, -0.05) is 38.0 Å². The molecule has 1 amide bonds. The number of aromatic nitrogens is 1. The SMILES string of the molecule is CC1CCCCCC1NC(=O)c1ncccc1C#CCO. The summed E-state index contributed by atoms with van der Waals surface area (Å²) in [6.45, 7) is 1.97. The van der Waals surface area contributed by atoms with Crippen LogP contribution in [0.25, 0.3) is 0 Å². The number of aliphatic hydroxyl groups excluding tert-OH is 1. The number of nitrogens with zero attached hydrogens (tertiary/aromatic N) is 1. The van der Waals surface area contributed by atoms with E-state index < -0.39 is 0 Å². The molecule has 4 heteroatoms. The number of rotatable bonds is 2. The van der Waals surface area contributed by atoms with Gasteiger partial charge in [0.25, 0.3) is 5.91 Å². The van der Waals surface area contributed by atoms with Crippen molar-refractivity contribution in [2.24, 2.45) is 5.92 Å². The third-order valence-electron chi connectivity index (χ3n) is 4.00. The van der Waals surface area contributed by atoms with Crippen LogP contribution in [0.15, 0.2) is 18.3 Å². The van der Waals surface area contributed by atoms with Crippen molar-refractivity contribution in [3.05, 3.63) is 29.6 Å². The Morgan fingerprint density at radius 3 is 3.05 bits per heavy atom. The first kappa shape index (κ1) is 15.5. The van der Waals surface area contributed by atoms with E-state index in [1.54, 1.807) is 18.3 Å². The summed E-state index contributed by atoms with van der Waals surface area (Å²) in [6, 6.07) is 3.70. The van der Waals surface area contributed by atoms with Crippen LogP contribution < -0.4 is 5.32 Å². The molecule has 1 saturated carbocycles. The smallest absolute Gasteiger partial charge is 0.271 e. The zero-order chi connectivity index (χ0) is 15.1. The molecule has 0 saturated heterocycles. The van der Waals surface area contributed by atoms with Crippen molar-refractivity contribution in [1.82, 2.24) is 10.3 Å². The Morgan fingerprint density at radius 1 is 1.43 bits per heavy atom. The summed E-state index contributed by atoms with van der Waals surface area (Å²) >= 11 is 0. The zero-order valence-corrected chi connectivity index (χ0v) is 12.4. The maximum Gasteiger partial charge on any atom is 0.271 e. The van der Waals surface area contributed by atoms with Crippen LogP contribution in [0.2, 0.25) is 0 Å². The highest BCUT2D eigenvalue weighted by Crippen LogP contribution is 2.23. The molecule has 1 aliphatic carbocycles. The minimum Gasteiger partial charge on any atom is -0.384 e. The summed E-state index contributed by atoms with van der Waals surface area (Å²) in [5, 5.41) is 11.9. The van der Waals surface area contributed by atoms with Gasteiger partial charge in [0.05, 0.1) is 5.56 Å². The summed E-state index contributed by atoms with van der Waals surface area (Å²) in [6.07, 6.45) is 7.42. The van der Waals surface area contributed by atoms with Gasteiger partial charge < -0.3 is 10.4 Å². The van der Waals surface area contributed by atoms with Crippen LogP contribution in [0, 0.1) is 17.8 Å². The number of carbonyl (C=O) groups is 1. The first-order valence-electron chi connectivity index (χ1n) is 7.58. The lowest BCUT2D eigenvalue weighted by Crippen LogP contribution is -2.39. The molecule has 0 spiro atoms. The molecular formula is C17H22N2O2. The average molecular weight is 286 g/mol. The molecular weight excluding hydrogens is 264 g/mol. The third kappa shape index (κ3) is 4.30. The van der Waals surface area contributed by atoms with Crippen molar-refractivity contribution in [2.45, 2.75) is 45.1 Å². The topological polar surface area (TPSA) is 62.2 Å². The molecule has 1 aromatic rings. The largest absolute Gasteiger partial charge is 0.384 e. The van der Waals surface area contributed by atoms with E-state index in [1.807, 2.05) is 0 Å². The second-order valence-electron chi connectivity index (χ2n) is 5.55. The normalized spacial score (nSPS) is 21.8. The number of nitrogens with one attached hydrogen (secondary N) is 1. The number of hydrogen-bond acceptors (Lipinski definition) is 3. The Labute approximate surface area is 126 Å². The van der Waals surface area contributed by atoms with E-state index in [2.05, 4.69) is 29.1 Å². The predicted molar refractivity (Wildman–Crippen MR) is 81.7 cm³/mol. The summed E-state index contributed by atoms with van der Waals surface area (Å²) in [7, 11) is 0. The number of carbonyl (C=O) groups excluding carboxylic acids is 1. The number of aliphatic hydroxyl groups is 1. The van der Waals surface area contributed by atoms with Crippen LogP contribution >= 0.6 is 0 Å². The molecule has 2 N–H and O–H groups in total. The van der Waals surface area contributed by atoms with Crippen LogP contribution in [-0.4, -0.2) is 28.6 Å². The molecule has 0 aliphatic heterocycles. The van der Waals surface area contributed by atoms with E-state index in [1.165, 1.54) is 12.8 Å². The lowest BCUT2D eigenvalue weighted by atomic mass is 9.96. The molecule has 2 atom stereocenters. The van der Waals surface area contributed by atoms with Gasteiger partial charge in [0.1, 0.15) is 12.3 Å². The van der Waals surface area contributed by atoms with E-state index in [4.69, 9.17) is 5.11 Å². The van der Waals surface area contributed by atoms with Gasteiger partial charge in [-0.25, -0.2) is 4.98 Å². The molecule has 2 unspecified atom stereocenters. The summed E-state index contributed by atoms with van der Waals surface area (Å²) in [4.78, 5) is 16.6. The van der Waals surface area contributed by atoms with E-state index in [0.29, 0.717) is 17.2 Å². The molecule has 2 rings (SSSR count). The van der Waals surface area contributed by atoms with E-state index in [-0.39, 0.29) is 18.6 Å². The van der Waals surface area contributed by atoms with Gasteiger partial charge in [0.15, 0.2) is 0 Å². The summed E-state index contributed by atoms with van der Waals surface area (Å²) in [5.74, 6) is 5.67. The first-order valence-corrected chi connectivity index (χ1v) is 7.58. The summed E-state index contributed by atoms with van der Waals surface area (Å²) in [5.41, 5.74) is 0.903. The zero-order valence-electron chi connectivity index (χ0n) is 12.4. The fourth-order valence-electron chi connectivity index (χ4n) is 2.77. The van der Waals surface area contributed by atoms with Crippen molar-refractivity contribution in [1.29, 1.82) is 0 Å².